The Hall–Kier alpha value is -2.44. The van der Waals surface area contributed by atoms with Crippen LogP contribution in [-0.2, 0) is 9.84 Å². The van der Waals surface area contributed by atoms with Crippen molar-refractivity contribution in [3.63, 3.8) is 0 Å². The van der Waals surface area contributed by atoms with E-state index in [4.69, 9.17) is 0 Å². The molecule has 1 heterocycles. The van der Waals surface area contributed by atoms with Crippen LogP contribution in [-0.4, -0.2) is 63.1 Å². The number of sulfone groups is 1. The Labute approximate surface area is 160 Å². The minimum Gasteiger partial charge on any atom is -0.336 e. The Morgan fingerprint density at radius 3 is 2.37 bits per heavy atom. The molecule has 1 aliphatic heterocycles. The molecule has 3 rings (SSSR count). The van der Waals surface area contributed by atoms with Crippen molar-refractivity contribution in [3.05, 3.63) is 71.8 Å². The summed E-state index contributed by atoms with van der Waals surface area (Å²) in [5.74, 6) is -0.111. The first-order chi connectivity index (χ1) is 12.9. The van der Waals surface area contributed by atoms with Crippen LogP contribution in [0.5, 0.6) is 0 Å². The second kappa shape index (κ2) is 8.50. The van der Waals surface area contributed by atoms with Gasteiger partial charge in [-0.15, -0.1) is 0 Å². The predicted octanol–water partition coefficient (Wildman–Crippen LogP) is 2.56. The largest absolute Gasteiger partial charge is 0.336 e. The molecule has 0 radical (unpaired) electrons. The molecule has 0 saturated carbocycles. The van der Waals surface area contributed by atoms with Crippen molar-refractivity contribution >= 4 is 21.8 Å². The molecule has 0 aromatic heterocycles. The lowest BCUT2D eigenvalue weighted by molar-refractivity contribution is 0.0650. The average Bonchev–Trinajstić information content (AvgIpc) is 2.68. The number of nitrogens with zero attached hydrogens (tertiary/aromatic N) is 2. The Morgan fingerprint density at radius 1 is 1.00 bits per heavy atom. The zero-order chi connectivity index (χ0) is 19.3. The van der Waals surface area contributed by atoms with Gasteiger partial charge in [0.1, 0.15) is 0 Å². The highest BCUT2D eigenvalue weighted by atomic mass is 32.2. The fraction of sp³-hybridized carbons (Fsp3) is 0.286. The van der Waals surface area contributed by atoms with Gasteiger partial charge in [0.05, 0.1) is 4.90 Å². The molecule has 2 aromatic carbocycles. The van der Waals surface area contributed by atoms with Crippen LogP contribution in [0.2, 0.25) is 0 Å². The summed E-state index contributed by atoms with van der Waals surface area (Å²) in [6.45, 7) is 3.73. The van der Waals surface area contributed by atoms with Crippen LogP contribution in [0.25, 0.3) is 6.08 Å². The highest BCUT2D eigenvalue weighted by molar-refractivity contribution is 7.90. The van der Waals surface area contributed by atoms with Crippen LogP contribution < -0.4 is 0 Å². The van der Waals surface area contributed by atoms with E-state index in [-0.39, 0.29) is 10.8 Å². The van der Waals surface area contributed by atoms with Gasteiger partial charge in [-0.2, -0.15) is 0 Å². The van der Waals surface area contributed by atoms with Crippen molar-refractivity contribution in [2.45, 2.75) is 4.90 Å². The van der Waals surface area contributed by atoms with E-state index in [2.05, 4.69) is 29.2 Å². The van der Waals surface area contributed by atoms with Crippen LogP contribution in [0, 0.1) is 0 Å². The highest BCUT2D eigenvalue weighted by Gasteiger charge is 2.22. The summed E-state index contributed by atoms with van der Waals surface area (Å²) in [5, 5.41) is 0. The van der Waals surface area contributed by atoms with Crippen molar-refractivity contribution in [1.82, 2.24) is 9.80 Å². The predicted molar refractivity (Wildman–Crippen MR) is 107 cm³/mol. The lowest BCUT2D eigenvalue weighted by Crippen LogP contribution is -2.48. The molecule has 0 spiro atoms. The monoisotopic (exact) mass is 384 g/mol. The third-order valence-electron chi connectivity index (χ3n) is 4.64. The van der Waals surface area contributed by atoms with Crippen molar-refractivity contribution in [3.8, 4) is 0 Å². The van der Waals surface area contributed by atoms with Gasteiger partial charge in [0.15, 0.2) is 9.84 Å². The summed E-state index contributed by atoms with van der Waals surface area (Å²) in [6, 6.07) is 16.4. The Morgan fingerprint density at radius 2 is 1.70 bits per heavy atom. The van der Waals surface area contributed by atoms with Gasteiger partial charge in [-0.25, -0.2) is 8.42 Å². The minimum absolute atomic E-state index is 0.111. The van der Waals surface area contributed by atoms with Gasteiger partial charge in [-0.3, -0.25) is 9.69 Å². The molecule has 0 unspecified atom stereocenters. The summed E-state index contributed by atoms with van der Waals surface area (Å²) >= 11 is 0. The second-order valence-corrected chi connectivity index (χ2v) is 8.72. The van der Waals surface area contributed by atoms with Gasteiger partial charge < -0.3 is 4.90 Å². The lowest BCUT2D eigenvalue weighted by atomic mass is 10.1. The van der Waals surface area contributed by atoms with Crippen molar-refractivity contribution in [2.75, 3.05) is 39.0 Å². The molecule has 2 aromatic rings. The molecule has 5 nitrogen and oxygen atoms in total. The molecular formula is C21H24N2O3S. The van der Waals surface area contributed by atoms with E-state index >= 15 is 0 Å². The van der Waals surface area contributed by atoms with E-state index in [0.29, 0.717) is 18.7 Å². The first-order valence-electron chi connectivity index (χ1n) is 8.97. The maximum atomic E-state index is 12.7. The summed E-state index contributed by atoms with van der Waals surface area (Å²) in [6.07, 6.45) is 5.40. The molecule has 1 saturated heterocycles. The first-order valence-corrected chi connectivity index (χ1v) is 10.9. The lowest BCUT2D eigenvalue weighted by Gasteiger charge is -2.34. The van der Waals surface area contributed by atoms with Gasteiger partial charge in [-0.05, 0) is 23.8 Å². The average molecular weight is 385 g/mol. The molecule has 0 atom stereocenters. The third kappa shape index (κ3) is 5.28. The van der Waals surface area contributed by atoms with Crippen molar-refractivity contribution in [2.24, 2.45) is 0 Å². The number of benzene rings is 2. The summed E-state index contributed by atoms with van der Waals surface area (Å²) in [5.41, 5.74) is 1.60. The number of amides is 1. The SMILES string of the molecule is CS(=O)(=O)c1cccc(C(=O)N2CCN(CC=Cc3ccccc3)CC2)c1. The number of hydrogen-bond donors (Lipinski definition) is 0. The van der Waals surface area contributed by atoms with E-state index in [1.54, 1.807) is 17.0 Å². The van der Waals surface area contributed by atoms with Crippen LogP contribution >= 0.6 is 0 Å². The maximum Gasteiger partial charge on any atom is 0.253 e. The van der Waals surface area contributed by atoms with E-state index in [1.165, 1.54) is 17.7 Å². The van der Waals surface area contributed by atoms with Crippen molar-refractivity contribution < 1.29 is 13.2 Å². The summed E-state index contributed by atoms with van der Waals surface area (Å²) in [7, 11) is -3.32. The van der Waals surface area contributed by atoms with Crippen LogP contribution in [0.1, 0.15) is 15.9 Å². The van der Waals surface area contributed by atoms with E-state index in [1.807, 2.05) is 18.2 Å². The molecule has 142 valence electrons. The first kappa shape index (κ1) is 19.3. The quantitative estimate of drug-likeness (QED) is 0.795. The topological polar surface area (TPSA) is 57.7 Å². The van der Waals surface area contributed by atoms with Crippen molar-refractivity contribution in [1.29, 1.82) is 0 Å². The number of carbonyl (C=O) groups excluding carboxylic acids is 1. The summed E-state index contributed by atoms with van der Waals surface area (Å²) < 4.78 is 23.4. The molecular weight excluding hydrogens is 360 g/mol. The van der Waals surface area contributed by atoms with Gasteiger partial charge in [0.25, 0.3) is 5.91 Å². The number of hydrogen-bond acceptors (Lipinski definition) is 4. The van der Waals surface area contributed by atoms with Crippen LogP contribution in [0.4, 0.5) is 0 Å². The molecule has 1 amide bonds. The van der Waals surface area contributed by atoms with Crippen LogP contribution in [0.3, 0.4) is 0 Å². The molecule has 1 fully saturated rings. The number of rotatable bonds is 5. The van der Waals surface area contributed by atoms with E-state index < -0.39 is 9.84 Å². The Balaban J connectivity index is 1.54. The van der Waals surface area contributed by atoms with Gasteiger partial charge >= 0.3 is 0 Å². The normalized spacial score (nSPS) is 16.0. The zero-order valence-corrected chi connectivity index (χ0v) is 16.2. The zero-order valence-electron chi connectivity index (χ0n) is 15.4. The molecule has 1 aliphatic rings. The van der Waals surface area contributed by atoms with Gasteiger partial charge in [0, 0.05) is 44.5 Å². The number of carbonyl (C=O) groups is 1. The molecule has 27 heavy (non-hydrogen) atoms. The minimum atomic E-state index is -3.32. The van der Waals surface area contributed by atoms with E-state index in [0.717, 1.165) is 25.9 Å². The third-order valence-corrected chi connectivity index (χ3v) is 5.75. The number of piperazine rings is 1. The smallest absolute Gasteiger partial charge is 0.253 e. The highest BCUT2D eigenvalue weighted by Crippen LogP contribution is 2.14. The maximum absolute atomic E-state index is 12.7. The van der Waals surface area contributed by atoms with Crippen LogP contribution in [0.15, 0.2) is 65.6 Å². The van der Waals surface area contributed by atoms with E-state index in [9.17, 15) is 13.2 Å². The molecule has 6 heteroatoms. The Bertz CT molecular complexity index is 915. The standard InChI is InChI=1S/C21H24N2O3S/c1-27(25,26)20-11-5-10-19(17-20)21(24)23-15-13-22(14-16-23)12-6-9-18-7-3-2-4-8-18/h2-11,17H,12-16H2,1H3. The molecule has 0 N–H and O–H groups in total. The van der Waals surface area contributed by atoms with Gasteiger partial charge in [0.2, 0.25) is 0 Å². The fourth-order valence-corrected chi connectivity index (χ4v) is 3.74. The summed E-state index contributed by atoms with van der Waals surface area (Å²) in [4.78, 5) is 17.0. The van der Waals surface area contributed by atoms with Gasteiger partial charge in [-0.1, -0.05) is 48.6 Å². The molecule has 0 bridgehead atoms. The second-order valence-electron chi connectivity index (χ2n) is 6.71. The fourth-order valence-electron chi connectivity index (χ4n) is 3.08. The Kier molecular flexibility index (Phi) is 6.08. The molecule has 0 aliphatic carbocycles.